The van der Waals surface area contributed by atoms with Crippen molar-refractivity contribution < 1.29 is 8.42 Å². The molecule has 0 unspecified atom stereocenters. The minimum absolute atomic E-state index is 0.0578. The first kappa shape index (κ1) is 10.2. The Kier molecular flexibility index (Phi) is 2.54. The Bertz CT molecular complexity index is 473. The molecule has 14 heavy (non-hydrogen) atoms. The van der Waals surface area contributed by atoms with Gasteiger partial charge in [0.1, 0.15) is 0 Å². The van der Waals surface area contributed by atoms with Crippen LogP contribution in [0.2, 0.25) is 0 Å². The fraction of sp³-hybridized carbons (Fsp3) is 0.286. The van der Waals surface area contributed by atoms with E-state index < -0.39 is 10.0 Å². The molecule has 1 rings (SSSR count). The molecule has 7 heteroatoms. The van der Waals surface area contributed by atoms with Gasteiger partial charge >= 0.3 is 0 Å². The molecule has 0 saturated carbocycles. The third-order valence-corrected chi connectivity index (χ3v) is 1.95. The van der Waals surface area contributed by atoms with Gasteiger partial charge in [-0.3, -0.25) is 4.85 Å². The van der Waals surface area contributed by atoms with Crippen molar-refractivity contribution in [1.29, 1.82) is 0 Å². The SMILES string of the molecule is [C-]#[N+]C1=C([N+]#[C-])NC(=NS(C)(=O)=O)C1. The van der Waals surface area contributed by atoms with Crippen molar-refractivity contribution in [3.63, 3.8) is 0 Å². The summed E-state index contributed by atoms with van der Waals surface area (Å²) in [6.45, 7) is 13.4. The Morgan fingerprint density at radius 3 is 2.43 bits per heavy atom. The van der Waals surface area contributed by atoms with Gasteiger partial charge in [0.2, 0.25) is 5.82 Å². The molecule has 1 aliphatic heterocycles. The molecule has 0 fully saturated rings. The average Bonchev–Trinajstić information content (AvgIpc) is 2.43. The van der Waals surface area contributed by atoms with Crippen LogP contribution >= 0.6 is 0 Å². The first-order valence-corrected chi connectivity index (χ1v) is 5.35. The van der Waals surface area contributed by atoms with Crippen LogP contribution < -0.4 is 5.32 Å². The maximum absolute atomic E-state index is 10.8. The third kappa shape index (κ3) is 2.31. The van der Waals surface area contributed by atoms with Crippen molar-refractivity contribution in [2.75, 3.05) is 6.26 Å². The number of amidine groups is 1. The van der Waals surface area contributed by atoms with Crippen molar-refractivity contribution in [3.05, 3.63) is 34.4 Å². The molecular weight excluding hydrogens is 204 g/mol. The highest BCUT2D eigenvalue weighted by molar-refractivity contribution is 7.89. The molecule has 1 heterocycles. The summed E-state index contributed by atoms with van der Waals surface area (Å²) in [5.41, 5.74) is 0.197. The van der Waals surface area contributed by atoms with E-state index in [4.69, 9.17) is 13.1 Å². The lowest BCUT2D eigenvalue weighted by Gasteiger charge is -1.94. The van der Waals surface area contributed by atoms with E-state index in [-0.39, 0.29) is 23.8 Å². The molecule has 0 bridgehead atoms. The van der Waals surface area contributed by atoms with E-state index in [1.807, 2.05) is 0 Å². The second-order valence-electron chi connectivity index (χ2n) is 2.59. The zero-order valence-electron chi connectivity index (χ0n) is 7.27. The molecular formula is C7H6N4O2S. The smallest absolute Gasteiger partial charge is 0.253 e. The van der Waals surface area contributed by atoms with Crippen LogP contribution in [-0.2, 0) is 10.0 Å². The van der Waals surface area contributed by atoms with E-state index in [1.54, 1.807) is 0 Å². The molecule has 0 atom stereocenters. The fourth-order valence-electron chi connectivity index (χ4n) is 0.936. The van der Waals surface area contributed by atoms with Gasteiger partial charge in [-0.25, -0.2) is 8.42 Å². The Labute approximate surface area is 81.6 Å². The molecule has 0 saturated heterocycles. The van der Waals surface area contributed by atoms with E-state index >= 15 is 0 Å². The van der Waals surface area contributed by atoms with Crippen LogP contribution in [0.3, 0.4) is 0 Å². The van der Waals surface area contributed by atoms with Crippen molar-refractivity contribution in [3.8, 4) is 0 Å². The maximum Gasteiger partial charge on any atom is 0.253 e. The summed E-state index contributed by atoms with van der Waals surface area (Å²) >= 11 is 0. The summed E-state index contributed by atoms with van der Waals surface area (Å²) in [5.74, 6) is 0.187. The lowest BCUT2D eigenvalue weighted by Crippen LogP contribution is -2.16. The standard InChI is InChI=1S/C7H6N4O2S/c1-8-5-4-6(10-7(5)9-2)11-14(3,12)13/h4H2,3H3,(H,10,11). The van der Waals surface area contributed by atoms with E-state index in [1.165, 1.54) is 0 Å². The van der Waals surface area contributed by atoms with Crippen LogP contribution in [0.15, 0.2) is 15.9 Å². The Morgan fingerprint density at radius 2 is 2.07 bits per heavy atom. The van der Waals surface area contributed by atoms with Gasteiger partial charge in [-0.05, 0) is 0 Å². The molecule has 1 aliphatic rings. The minimum atomic E-state index is -3.48. The van der Waals surface area contributed by atoms with Crippen molar-refractivity contribution in [2.45, 2.75) is 6.42 Å². The molecule has 0 aliphatic carbocycles. The predicted octanol–water partition coefficient (Wildman–Crippen LogP) is 0.345. The lowest BCUT2D eigenvalue weighted by atomic mass is 10.4. The zero-order valence-corrected chi connectivity index (χ0v) is 8.09. The van der Waals surface area contributed by atoms with Gasteiger partial charge in [0, 0.05) is 0 Å². The quantitative estimate of drug-likeness (QED) is 0.635. The van der Waals surface area contributed by atoms with Gasteiger partial charge in [-0.2, -0.15) is 0 Å². The van der Waals surface area contributed by atoms with Crippen LogP contribution in [0.1, 0.15) is 6.42 Å². The minimum Gasteiger partial charge on any atom is -0.375 e. The van der Waals surface area contributed by atoms with Gasteiger partial charge in [-0.15, -0.1) is 4.40 Å². The summed E-state index contributed by atoms with van der Waals surface area (Å²) in [5, 5.41) is 2.48. The van der Waals surface area contributed by atoms with Crippen molar-refractivity contribution in [1.82, 2.24) is 5.32 Å². The van der Waals surface area contributed by atoms with Gasteiger partial charge in [0.05, 0.1) is 19.2 Å². The lowest BCUT2D eigenvalue weighted by molar-refractivity contribution is 0.603. The van der Waals surface area contributed by atoms with E-state index in [2.05, 4.69) is 19.4 Å². The van der Waals surface area contributed by atoms with Crippen LogP contribution in [0.5, 0.6) is 0 Å². The molecule has 72 valence electrons. The van der Waals surface area contributed by atoms with Crippen LogP contribution in [0, 0.1) is 13.1 Å². The normalized spacial score (nSPS) is 18.9. The third-order valence-electron chi connectivity index (χ3n) is 1.39. The monoisotopic (exact) mass is 210 g/mol. The summed E-state index contributed by atoms with van der Waals surface area (Å²) < 4.78 is 24.9. The first-order valence-electron chi connectivity index (χ1n) is 3.50. The summed E-state index contributed by atoms with van der Waals surface area (Å²) in [6.07, 6.45) is 1.03. The average molecular weight is 210 g/mol. The largest absolute Gasteiger partial charge is 0.375 e. The highest BCUT2D eigenvalue weighted by atomic mass is 32.2. The van der Waals surface area contributed by atoms with Crippen LogP contribution in [0.25, 0.3) is 9.69 Å². The van der Waals surface area contributed by atoms with Crippen molar-refractivity contribution in [2.24, 2.45) is 4.40 Å². The molecule has 0 aromatic heterocycles. The molecule has 0 aromatic rings. The molecule has 6 nitrogen and oxygen atoms in total. The number of nitrogens with zero attached hydrogens (tertiary/aromatic N) is 3. The summed E-state index contributed by atoms with van der Waals surface area (Å²) in [4.78, 5) is 6.15. The van der Waals surface area contributed by atoms with Crippen LogP contribution in [0.4, 0.5) is 0 Å². The fourth-order valence-corrected chi connectivity index (χ4v) is 1.45. The molecule has 0 amide bonds. The number of hydrogen-bond acceptors (Lipinski definition) is 2. The van der Waals surface area contributed by atoms with Gasteiger partial charge in [0.25, 0.3) is 10.0 Å². The Hall–Kier alpha value is -1.86. The van der Waals surface area contributed by atoms with E-state index in [9.17, 15) is 8.42 Å². The first-order chi connectivity index (χ1) is 6.46. The Balaban J connectivity index is 2.99. The van der Waals surface area contributed by atoms with E-state index in [0.717, 1.165) is 6.26 Å². The maximum atomic E-state index is 10.8. The Morgan fingerprint density at radius 1 is 1.43 bits per heavy atom. The van der Waals surface area contributed by atoms with Gasteiger partial charge in [0.15, 0.2) is 11.5 Å². The molecule has 0 aromatic carbocycles. The number of sulfonamides is 1. The second-order valence-corrected chi connectivity index (χ2v) is 4.24. The van der Waals surface area contributed by atoms with E-state index in [0.29, 0.717) is 0 Å². The second kappa shape index (κ2) is 3.48. The number of rotatable bonds is 1. The number of hydrogen-bond donors (Lipinski definition) is 1. The van der Waals surface area contributed by atoms with Crippen molar-refractivity contribution >= 4 is 15.9 Å². The van der Waals surface area contributed by atoms with Gasteiger partial charge < -0.3 is 10.2 Å². The molecule has 0 spiro atoms. The van der Waals surface area contributed by atoms with Crippen LogP contribution in [-0.4, -0.2) is 20.5 Å². The highest BCUT2D eigenvalue weighted by Gasteiger charge is 2.22. The summed E-state index contributed by atoms with van der Waals surface area (Å²) in [6, 6.07) is 0. The topological polar surface area (TPSA) is 67.2 Å². The zero-order chi connectivity index (χ0) is 10.8. The molecule has 1 N–H and O–H groups in total. The summed E-state index contributed by atoms with van der Waals surface area (Å²) in [7, 11) is -3.48. The van der Waals surface area contributed by atoms with Gasteiger partial charge in [-0.1, -0.05) is 6.57 Å². The predicted molar refractivity (Wildman–Crippen MR) is 50.3 cm³/mol. The highest BCUT2D eigenvalue weighted by Crippen LogP contribution is 2.17. The molecule has 0 radical (unpaired) electrons. The number of nitrogens with one attached hydrogen (secondary N) is 1.